The molecule has 2 rings (SSSR count). The molecule has 2 atom stereocenters. The van der Waals surface area contributed by atoms with E-state index in [2.05, 4.69) is 18.7 Å². The topological polar surface area (TPSA) is 18.5 Å². The molecule has 86 valence electrons. The van der Waals surface area contributed by atoms with Crippen molar-refractivity contribution in [2.75, 3.05) is 6.61 Å². The predicted molar refractivity (Wildman–Crippen MR) is 64.2 cm³/mol. The standard InChI is InChI=1S/C14H18O2/c1-2-13-14(9-6-10-15-13)16-11-12-7-4-3-5-8-12/h2-5,7-8,13-14H,1,6,9-11H2/t13-,14+/m1/s1. The second-order valence-electron chi connectivity index (χ2n) is 4.05. The maximum atomic E-state index is 5.88. The van der Waals surface area contributed by atoms with Crippen molar-refractivity contribution in [1.82, 2.24) is 0 Å². The molecule has 0 aromatic heterocycles. The Morgan fingerprint density at radius 1 is 1.38 bits per heavy atom. The lowest BCUT2D eigenvalue weighted by atomic mass is 10.1. The van der Waals surface area contributed by atoms with Crippen LogP contribution in [0.25, 0.3) is 0 Å². The molecule has 0 saturated carbocycles. The van der Waals surface area contributed by atoms with E-state index in [9.17, 15) is 0 Å². The van der Waals surface area contributed by atoms with Crippen LogP contribution in [0.5, 0.6) is 0 Å². The van der Waals surface area contributed by atoms with Crippen LogP contribution in [0.3, 0.4) is 0 Å². The minimum atomic E-state index is 0.0532. The first-order valence-corrected chi connectivity index (χ1v) is 5.80. The van der Waals surface area contributed by atoms with Crippen LogP contribution in [0.15, 0.2) is 43.0 Å². The Labute approximate surface area is 96.9 Å². The Hall–Kier alpha value is -1.12. The minimum Gasteiger partial charge on any atom is -0.371 e. The fourth-order valence-electron chi connectivity index (χ4n) is 1.95. The summed E-state index contributed by atoms with van der Waals surface area (Å²) in [5.74, 6) is 0. The molecule has 0 bridgehead atoms. The Morgan fingerprint density at radius 2 is 2.19 bits per heavy atom. The quantitative estimate of drug-likeness (QED) is 0.723. The Kier molecular flexibility index (Phi) is 4.14. The van der Waals surface area contributed by atoms with Gasteiger partial charge in [0.15, 0.2) is 0 Å². The summed E-state index contributed by atoms with van der Waals surface area (Å²) in [4.78, 5) is 0. The van der Waals surface area contributed by atoms with Crippen LogP contribution < -0.4 is 0 Å². The third kappa shape index (κ3) is 2.94. The van der Waals surface area contributed by atoms with Crippen LogP contribution >= 0.6 is 0 Å². The normalized spacial score (nSPS) is 25.2. The molecule has 0 aliphatic carbocycles. The second-order valence-corrected chi connectivity index (χ2v) is 4.05. The summed E-state index contributed by atoms with van der Waals surface area (Å²) in [5.41, 5.74) is 1.20. The van der Waals surface area contributed by atoms with E-state index in [0.717, 1.165) is 19.4 Å². The Balaban J connectivity index is 1.86. The molecule has 1 saturated heterocycles. The van der Waals surface area contributed by atoms with Gasteiger partial charge in [0, 0.05) is 6.61 Å². The zero-order chi connectivity index (χ0) is 11.2. The van der Waals surface area contributed by atoms with Crippen molar-refractivity contribution in [3.8, 4) is 0 Å². The van der Waals surface area contributed by atoms with E-state index in [-0.39, 0.29) is 12.2 Å². The van der Waals surface area contributed by atoms with Crippen LogP contribution in [0.2, 0.25) is 0 Å². The predicted octanol–water partition coefficient (Wildman–Crippen LogP) is 2.94. The number of benzene rings is 1. The molecular formula is C14H18O2. The van der Waals surface area contributed by atoms with Crippen molar-refractivity contribution in [2.45, 2.75) is 31.7 Å². The summed E-state index contributed by atoms with van der Waals surface area (Å²) < 4.78 is 11.5. The van der Waals surface area contributed by atoms with Crippen molar-refractivity contribution in [2.24, 2.45) is 0 Å². The molecule has 16 heavy (non-hydrogen) atoms. The van der Waals surface area contributed by atoms with Gasteiger partial charge in [0.1, 0.15) is 6.10 Å². The molecule has 1 heterocycles. The lowest BCUT2D eigenvalue weighted by Crippen LogP contribution is -2.34. The first-order valence-electron chi connectivity index (χ1n) is 5.80. The summed E-state index contributed by atoms with van der Waals surface area (Å²) in [6, 6.07) is 10.2. The highest BCUT2D eigenvalue weighted by Gasteiger charge is 2.23. The van der Waals surface area contributed by atoms with Crippen LogP contribution in [-0.2, 0) is 16.1 Å². The monoisotopic (exact) mass is 218 g/mol. The summed E-state index contributed by atoms with van der Waals surface area (Å²) in [7, 11) is 0. The second kappa shape index (κ2) is 5.83. The average Bonchev–Trinajstić information content (AvgIpc) is 2.38. The molecule has 0 unspecified atom stereocenters. The highest BCUT2D eigenvalue weighted by atomic mass is 16.5. The smallest absolute Gasteiger partial charge is 0.101 e. The van der Waals surface area contributed by atoms with Crippen molar-refractivity contribution < 1.29 is 9.47 Å². The summed E-state index contributed by atoms with van der Waals surface area (Å²) >= 11 is 0. The molecule has 0 spiro atoms. The SMILES string of the molecule is C=C[C@H]1OCCC[C@@H]1OCc1ccccc1. The Bertz CT molecular complexity index is 321. The largest absolute Gasteiger partial charge is 0.371 e. The lowest BCUT2D eigenvalue weighted by molar-refractivity contribution is -0.0904. The van der Waals surface area contributed by atoms with E-state index in [4.69, 9.17) is 9.47 Å². The first kappa shape index (κ1) is 11.4. The molecular weight excluding hydrogens is 200 g/mol. The van der Waals surface area contributed by atoms with E-state index in [0.29, 0.717) is 6.61 Å². The fraction of sp³-hybridized carbons (Fsp3) is 0.429. The highest BCUT2D eigenvalue weighted by molar-refractivity contribution is 5.13. The Morgan fingerprint density at radius 3 is 2.94 bits per heavy atom. The molecule has 1 aromatic rings. The minimum absolute atomic E-state index is 0.0532. The van der Waals surface area contributed by atoms with Gasteiger partial charge in [-0.2, -0.15) is 0 Å². The maximum absolute atomic E-state index is 5.88. The molecule has 1 aliphatic heterocycles. The van der Waals surface area contributed by atoms with Gasteiger partial charge in [-0.3, -0.25) is 0 Å². The number of hydrogen-bond acceptors (Lipinski definition) is 2. The van der Waals surface area contributed by atoms with Crippen molar-refractivity contribution >= 4 is 0 Å². The van der Waals surface area contributed by atoms with Crippen molar-refractivity contribution in [1.29, 1.82) is 0 Å². The maximum Gasteiger partial charge on any atom is 0.101 e. The molecule has 0 radical (unpaired) electrons. The molecule has 1 aromatic carbocycles. The van der Waals surface area contributed by atoms with Crippen molar-refractivity contribution in [3.63, 3.8) is 0 Å². The van der Waals surface area contributed by atoms with Gasteiger partial charge >= 0.3 is 0 Å². The molecule has 2 heteroatoms. The van der Waals surface area contributed by atoms with Crippen molar-refractivity contribution in [3.05, 3.63) is 48.6 Å². The third-order valence-electron chi connectivity index (χ3n) is 2.85. The average molecular weight is 218 g/mol. The van der Waals surface area contributed by atoms with Gasteiger partial charge in [-0.15, -0.1) is 6.58 Å². The van der Waals surface area contributed by atoms with Gasteiger partial charge < -0.3 is 9.47 Å². The highest BCUT2D eigenvalue weighted by Crippen LogP contribution is 2.19. The van der Waals surface area contributed by atoms with Crippen LogP contribution in [0.4, 0.5) is 0 Å². The van der Waals surface area contributed by atoms with E-state index in [1.807, 2.05) is 24.3 Å². The third-order valence-corrected chi connectivity index (χ3v) is 2.85. The summed E-state index contributed by atoms with van der Waals surface area (Å²) in [5, 5.41) is 0. The van der Waals surface area contributed by atoms with Gasteiger partial charge in [-0.05, 0) is 18.4 Å². The molecule has 0 N–H and O–H groups in total. The van der Waals surface area contributed by atoms with E-state index < -0.39 is 0 Å². The number of ether oxygens (including phenoxy) is 2. The van der Waals surface area contributed by atoms with Gasteiger partial charge in [0.05, 0.1) is 12.7 Å². The lowest BCUT2D eigenvalue weighted by Gasteiger charge is -2.29. The molecule has 2 nitrogen and oxygen atoms in total. The zero-order valence-electron chi connectivity index (χ0n) is 9.47. The van der Waals surface area contributed by atoms with Gasteiger partial charge in [0.25, 0.3) is 0 Å². The summed E-state index contributed by atoms with van der Waals surface area (Å²) in [6.07, 6.45) is 4.19. The van der Waals surface area contributed by atoms with E-state index in [1.165, 1.54) is 5.56 Å². The van der Waals surface area contributed by atoms with Gasteiger partial charge in [0.2, 0.25) is 0 Å². The van der Waals surface area contributed by atoms with E-state index >= 15 is 0 Å². The zero-order valence-corrected chi connectivity index (χ0v) is 9.47. The number of rotatable bonds is 4. The molecule has 1 fully saturated rings. The van der Waals surface area contributed by atoms with Crippen LogP contribution in [0.1, 0.15) is 18.4 Å². The first-order chi connectivity index (χ1) is 7.90. The van der Waals surface area contributed by atoms with E-state index in [1.54, 1.807) is 0 Å². The number of hydrogen-bond donors (Lipinski definition) is 0. The van der Waals surface area contributed by atoms with Crippen LogP contribution in [0, 0.1) is 0 Å². The van der Waals surface area contributed by atoms with Gasteiger partial charge in [-0.1, -0.05) is 36.4 Å². The molecule has 1 aliphatic rings. The fourth-order valence-corrected chi connectivity index (χ4v) is 1.95. The van der Waals surface area contributed by atoms with Crippen LogP contribution in [-0.4, -0.2) is 18.8 Å². The molecule has 0 amide bonds. The van der Waals surface area contributed by atoms with Gasteiger partial charge in [-0.25, -0.2) is 0 Å². The summed E-state index contributed by atoms with van der Waals surface area (Å²) in [6.45, 7) is 5.26.